The van der Waals surface area contributed by atoms with E-state index in [-0.39, 0.29) is 11.1 Å². The van der Waals surface area contributed by atoms with E-state index in [1.165, 1.54) is 12.1 Å². The van der Waals surface area contributed by atoms with Gasteiger partial charge in [0.25, 0.3) is 5.91 Å². The summed E-state index contributed by atoms with van der Waals surface area (Å²) in [7, 11) is 0. The molecule has 0 aliphatic heterocycles. The Hall–Kier alpha value is -1.62. The second-order valence-electron chi connectivity index (χ2n) is 4.62. The fourth-order valence-electron chi connectivity index (χ4n) is 1.95. The standard InChI is InChI=1S/C12H16FN3O/c13-8-2-3-10(9(6-8)11(14)17)16-7-12(15)4-1-5-12/h2-3,6,16H,1,4-5,7,15H2,(H2,14,17). The lowest BCUT2D eigenvalue weighted by atomic mass is 9.78. The maximum atomic E-state index is 13.0. The number of benzene rings is 1. The van der Waals surface area contributed by atoms with E-state index >= 15 is 0 Å². The fourth-order valence-corrected chi connectivity index (χ4v) is 1.95. The van der Waals surface area contributed by atoms with Gasteiger partial charge in [-0.2, -0.15) is 0 Å². The minimum atomic E-state index is -0.647. The summed E-state index contributed by atoms with van der Waals surface area (Å²) >= 11 is 0. The molecule has 1 aliphatic rings. The maximum absolute atomic E-state index is 13.0. The Morgan fingerprint density at radius 1 is 1.47 bits per heavy atom. The number of primary amides is 1. The summed E-state index contributed by atoms with van der Waals surface area (Å²) in [6, 6.07) is 3.94. The molecule has 1 aliphatic carbocycles. The molecule has 1 saturated carbocycles. The van der Waals surface area contributed by atoms with Crippen molar-refractivity contribution in [3.63, 3.8) is 0 Å². The molecule has 0 radical (unpaired) electrons. The summed E-state index contributed by atoms with van der Waals surface area (Å²) in [5.41, 5.74) is 11.7. The van der Waals surface area contributed by atoms with Crippen LogP contribution in [0, 0.1) is 5.82 Å². The Kier molecular flexibility index (Phi) is 3.02. The Morgan fingerprint density at radius 3 is 2.71 bits per heavy atom. The Balaban J connectivity index is 2.12. The zero-order valence-corrected chi connectivity index (χ0v) is 9.50. The average molecular weight is 237 g/mol. The van der Waals surface area contributed by atoms with E-state index in [0.717, 1.165) is 25.3 Å². The van der Waals surface area contributed by atoms with E-state index in [4.69, 9.17) is 11.5 Å². The minimum absolute atomic E-state index is 0.160. The molecule has 0 aromatic heterocycles. The van der Waals surface area contributed by atoms with E-state index in [2.05, 4.69) is 5.32 Å². The van der Waals surface area contributed by atoms with Crippen molar-refractivity contribution in [2.75, 3.05) is 11.9 Å². The molecule has 17 heavy (non-hydrogen) atoms. The topological polar surface area (TPSA) is 81.1 Å². The number of hydrogen-bond acceptors (Lipinski definition) is 3. The van der Waals surface area contributed by atoms with Crippen LogP contribution in [0.4, 0.5) is 10.1 Å². The van der Waals surface area contributed by atoms with Gasteiger partial charge in [0.15, 0.2) is 0 Å². The van der Waals surface area contributed by atoms with Gasteiger partial charge < -0.3 is 16.8 Å². The SMILES string of the molecule is NC(=O)c1cc(F)ccc1NCC1(N)CCC1. The van der Waals surface area contributed by atoms with Crippen LogP contribution in [0.2, 0.25) is 0 Å². The van der Waals surface area contributed by atoms with Crippen LogP contribution in [0.5, 0.6) is 0 Å². The molecule has 5 N–H and O–H groups in total. The molecule has 5 heteroatoms. The second kappa shape index (κ2) is 4.33. The van der Waals surface area contributed by atoms with E-state index < -0.39 is 11.7 Å². The predicted molar refractivity (Wildman–Crippen MR) is 64.2 cm³/mol. The van der Waals surface area contributed by atoms with Crippen LogP contribution in [0.1, 0.15) is 29.6 Å². The van der Waals surface area contributed by atoms with Crippen LogP contribution < -0.4 is 16.8 Å². The molecule has 1 aromatic rings. The number of hydrogen-bond donors (Lipinski definition) is 3. The fraction of sp³-hybridized carbons (Fsp3) is 0.417. The van der Waals surface area contributed by atoms with Crippen molar-refractivity contribution in [3.05, 3.63) is 29.6 Å². The molecule has 0 spiro atoms. The van der Waals surface area contributed by atoms with Crippen molar-refractivity contribution in [1.29, 1.82) is 0 Å². The third kappa shape index (κ3) is 2.55. The Labute approximate surface area is 99.2 Å². The normalized spacial score (nSPS) is 17.3. The summed E-state index contributed by atoms with van der Waals surface area (Å²) < 4.78 is 13.0. The lowest BCUT2D eigenvalue weighted by Crippen LogP contribution is -2.52. The molecule has 4 nitrogen and oxygen atoms in total. The maximum Gasteiger partial charge on any atom is 0.250 e. The minimum Gasteiger partial charge on any atom is -0.383 e. The summed E-state index contributed by atoms with van der Waals surface area (Å²) in [4.78, 5) is 11.2. The first-order chi connectivity index (χ1) is 8.00. The second-order valence-corrected chi connectivity index (χ2v) is 4.62. The number of amides is 1. The largest absolute Gasteiger partial charge is 0.383 e. The number of rotatable bonds is 4. The van der Waals surface area contributed by atoms with Crippen LogP contribution in [0.15, 0.2) is 18.2 Å². The van der Waals surface area contributed by atoms with Crippen LogP contribution in [-0.4, -0.2) is 18.0 Å². The van der Waals surface area contributed by atoms with Crippen LogP contribution >= 0.6 is 0 Å². The van der Waals surface area contributed by atoms with Gasteiger partial charge in [0.2, 0.25) is 0 Å². The van der Waals surface area contributed by atoms with Crippen LogP contribution in [0.25, 0.3) is 0 Å². The summed E-state index contributed by atoms with van der Waals surface area (Å²) in [5, 5.41) is 3.07. The zero-order chi connectivity index (χ0) is 12.5. The molecule has 0 saturated heterocycles. The van der Waals surface area contributed by atoms with Gasteiger partial charge in [0, 0.05) is 17.8 Å². The van der Waals surface area contributed by atoms with E-state index in [1.54, 1.807) is 0 Å². The van der Waals surface area contributed by atoms with Gasteiger partial charge in [0.05, 0.1) is 5.56 Å². The first-order valence-corrected chi connectivity index (χ1v) is 5.62. The highest BCUT2D eigenvalue weighted by molar-refractivity contribution is 5.98. The van der Waals surface area contributed by atoms with Gasteiger partial charge in [-0.25, -0.2) is 4.39 Å². The van der Waals surface area contributed by atoms with Crippen LogP contribution in [0.3, 0.4) is 0 Å². The number of carbonyl (C=O) groups excluding carboxylic acids is 1. The van der Waals surface area contributed by atoms with Gasteiger partial charge >= 0.3 is 0 Å². The van der Waals surface area contributed by atoms with E-state index in [9.17, 15) is 9.18 Å². The highest BCUT2D eigenvalue weighted by Crippen LogP contribution is 2.29. The van der Waals surface area contributed by atoms with Crippen molar-refractivity contribution < 1.29 is 9.18 Å². The third-order valence-corrected chi connectivity index (χ3v) is 3.23. The van der Waals surface area contributed by atoms with Crippen molar-refractivity contribution in [3.8, 4) is 0 Å². The number of carbonyl (C=O) groups is 1. The molecule has 92 valence electrons. The van der Waals surface area contributed by atoms with Crippen molar-refractivity contribution in [1.82, 2.24) is 0 Å². The van der Waals surface area contributed by atoms with Gasteiger partial charge in [-0.05, 0) is 37.5 Å². The van der Waals surface area contributed by atoms with Crippen molar-refractivity contribution in [2.24, 2.45) is 11.5 Å². The first-order valence-electron chi connectivity index (χ1n) is 5.62. The van der Waals surface area contributed by atoms with Crippen LogP contribution in [-0.2, 0) is 0 Å². The average Bonchev–Trinajstić information content (AvgIpc) is 2.24. The highest BCUT2D eigenvalue weighted by atomic mass is 19.1. The first kappa shape index (κ1) is 11.9. The molecule has 1 amide bonds. The highest BCUT2D eigenvalue weighted by Gasteiger charge is 2.32. The Morgan fingerprint density at radius 2 is 2.18 bits per heavy atom. The molecule has 2 rings (SSSR count). The monoisotopic (exact) mass is 237 g/mol. The number of halogens is 1. The molecule has 0 bridgehead atoms. The lowest BCUT2D eigenvalue weighted by molar-refractivity contribution is 0.100. The summed E-state index contributed by atoms with van der Waals surface area (Å²) in [6.45, 7) is 0.568. The smallest absolute Gasteiger partial charge is 0.250 e. The molecule has 1 fully saturated rings. The van der Waals surface area contributed by atoms with Crippen molar-refractivity contribution >= 4 is 11.6 Å². The predicted octanol–water partition coefficient (Wildman–Crippen LogP) is 1.22. The lowest BCUT2D eigenvalue weighted by Gasteiger charge is -2.38. The molecule has 0 atom stereocenters. The molecule has 1 aromatic carbocycles. The van der Waals surface area contributed by atoms with E-state index in [1.807, 2.05) is 0 Å². The number of nitrogens with one attached hydrogen (secondary N) is 1. The quantitative estimate of drug-likeness (QED) is 0.736. The number of nitrogens with two attached hydrogens (primary N) is 2. The molecular formula is C12H16FN3O. The third-order valence-electron chi connectivity index (χ3n) is 3.23. The summed E-state index contributed by atoms with van der Waals surface area (Å²) in [6.07, 6.45) is 3.06. The summed E-state index contributed by atoms with van der Waals surface area (Å²) in [5.74, 6) is -1.12. The molecule has 0 heterocycles. The molecule has 0 unspecified atom stereocenters. The molecular weight excluding hydrogens is 221 g/mol. The Bertz CT molecular complexity index is 443. The van der Waals surface area contributed by atoms with Gasteiger partial charge in [-0.1, -0.05) is 0 Å². The van der Waals surface area contributed by atoms with Gasteiger partial charge in [-0.15, -0.1) is 0 Å². The van der Waals surface area contributed by atoms with Gasteiger partial charge in [-0.3, -0.25) is 4.79 Å². The van der Waals surface area contributed by atoms with E-state index in [0.29, 0.717) is 12.2 Å². The van der Waals surface area contributed by atoms with Crippen molar-refractivity contribution in [2.45, 2.75) is 24.8 Å². The zero-order valence-electron chi connectivity index (χ0n) is 9.50. The van der Waals surface area contributed by atoms with Gasteiger partial charge in [0.1, 0.15) is 5.82 Å². The number of anilines is 1.